The summed E-state index contributed by atoms with van der Waals surface area (Å²) in [6, 6.07) is 64.5. The molecule has 9 rings (SSSR count). The molecular formula is C53H50Cl2N4O. The largest absolute Gasteiger partial charge is 0.329 e. The fraction of sp³-hybridized carbons (Fsp3) is 0.189. The van der Waals surface area contributed by atoms with Crippen LogP contribution in [0.25, 0.3) is 22.3 Å². The molecule has 7 heteroatoms. The number of carbonyl (C=O) groups excluding carboxylic acids is 1. The van der Waals surface area contributed by atoms with Crippen LogP contribution < -0.4 is 5.32 Å². The van der Waals surface area contributed by atoms with Gasteiger partial charge < -0.3 is 10.2 Å². The molecule has 7 aromatic rings. The number of nitrogens with one attached hydrogen (secondary N) is 1. The molecule has 5 nitrogen and oxygen atoms in total. The third kappa shape index (κ3) is 10.4. The first-order chi connectivity index (χ1) is 29.5. The van der Waals surface area contributed by atoms with Crippen molar-refractivity contribution in [1.82, 2.24) is 20.0 Å². The summed E-state index contributed by atoms with van der Waals surface area (Å²) in [6.07, 6.45) is 0. The van der Waals surface area contributed by atoms with Crippen molar-refractivity contribution in [2.24, 2.45) is 0 Å². The van der Waals surface area contributed by atoms with Crippen molar-refractivity contribution in [2.45, 2.75) is 25.2 Å². The fourth-order valence-electron chi connectivity index (χ4n) is 8.28. The van der Waals surface area contributed by atoms with E-state index in [0.29, 0.717) is 12.6 Å². The molecule has 7 aromatic carbocycles. The number of nitrogens with zero attached hydrogens (tertiary/aromatic N) is 3. The molecule has 60 heavy (non-hydrogen) atoms. The SMILES string of the molecule is Clc1ccccc1-c1ccc(CN2CCNC(c3ccccc3)C2)cc1.O=C(c1ccccc1)N1CCN(Cc2ccc(-c3ccccc3Cl)cc2)CC1c1ccccc1. The summed E-state index contributed by atoms with van der Waals surface area (Å²) < 4.78 is 0. The van der Waals surface area contributed by atoms with E-state index in [1.807, 2.05) is 95.9 Å². The summed E-state index contributed by atoms with van der Waals surface area (Å²) in [5.74, 6) is 0.0956. The molecule has 0 spiro atoms. The maximum absolute atomic E-state index is 13.3. The standard InChI is InChI=1S/C30H27ClN2O.C23H23ClN2/c31-28-14-8-7-13-27(28)24-17-15-23(16-18-24)21-32-19-20-33(30(34)26-11-5-2-6-12-26)29(22-32)25-9-3-1-4-10-25;24-22-9-5-4-8-21(22)19-12-10-18(11-13-19)16-26-15-14-25-23(17-26)20-6-2-1-3-7-20/h1-18,29H,19-22H2;1-13,23,25H,14-17H2. The van der Waals surface area contributed by atoms with Gasteiger partial charge in [0.2, 0.25) is 0 Å². The van der Waals surface area contributed by atoms with E-state index < -0.39 is 0 Å². The van der Waals surface area contributed by atoms with Crippen LogP contribution in [0.5, 0.6) is 0 Å². The lowest BCUT2D eigenvalue weighted by molar-refractivity contribution is 0.0434. The molecule has 2 aliphatic heterocycles. The van der Waals surface area contributed by atoms with E-state index in [1.54, 1.807) is 0 Å². The zero-order chi connectivity index (χ0) is 41.1. The number of benzene rings is 7. The summed E-state index contributed by atoms with van der Waals surface area (Å²) in [6.45, 7) is 7.31. The average molecular weight is 830 g/mol. The second kappa shape index (κ2) is 20.2. The number of carbonyl (C=O) groups is 1. The van der Waals surface area contributed by atoms with Gasteiger partial charge in [-0.2, -0.15) is 0 Å². The minimum absolute atomic E-state index is 0.0186. The summed E-state index contributed by atoms with van der Waals surface area (Å²) in [5.41, 5.74) is 10.3. The predicted octanol–water partition coefficient (Wildman–Crippen LogP) is 11.9. The van der Waals surface area contributed by atoms with Gasteiger partial charge in [-0.25, -0.2) is 0 Å². The Balaban J connectivity index is 0.000000172. The van der Waals surface area contributed by atoms with E-state index in [4.69, 9.17) is 23.2 Å². The minimum Gasteiger partial charge on any atom is -0.329 e. The van der Waals surface area contributed by atoms with E-state index in [9.17, 15) is 4.79 Å². The lowest BCUT2D eigenvalue weighted by atomic mass is 10.00. The van der Waals surface area contributed by atoms with Crippen LogP contribution in [0.1, 0.15) is 44.7 Å². The van der Waals surface area contributed by atoms with Gasteiger partial charge in [0.05, 0.1) is 6.04 Å². The summed E-state index contributed by atoms with van der Waals surface area (Å²) in [4.78, 5) is 20.3. The number of amides is 1. The highest BCUT2D eigenvalue weighted by Crippen LogP contribution is 2.31. The lowest BCUT2D eigenvalue weighted by Gasteiger charge is -2.42. The first-order valence-corrected chi connectivity index (χ1v) is 21.6. The lowest BCUT2D eigenvalue weighted by Crippen LogP contribution is -2.50. The number of halogens is 2. The fourth-order valence-corrected chi connectivity index (χ4v) is 8.77. The van der Waals surface area contributed by atoms with Crippen LogP contribution in [-0.4, -0.2) is 59.9 Å². The van der Waals surface area contributed by atoms with Gasteiger partial charge in [0, 0.05) is 85.1 Å². The predicted molar refractivity (Wildman–Crippen MR) is 248 cm³/mol. The molecule has 2 unspecified atom stereocenters. The van der Waals surface area contributed by atoms with Crippen LogP contribution in [-0.2, 0) is 13.1 Å². The Hall–Kier alpha value is -5.53. The van der Waals surface area contributed by atoms with Crippen molar-refractivity contribution in [1.29, 1.82) is 0 Å². The smallest absolute Gasteiger partial charge is 0.254 e. The van der Waals surface area contributed by atoms with Crippen molar-refractivity contribution in [3.63, 3.8) is 0 Å². The molecule has 0 aliphatic carbocycles. The van der Waals surface area contributed by atoms with Crippen LogP contribution in [0.2, 0.25) is 10.0 Å². The second-order valence-electron chi connectivity index (χ2n) is 15.5. The maximum atomic E-state index is 13.3. The topological polar surface area (TPSA) is 38.8 Å². The van der Waals surface area contributed by atoms with Crippen LogP contribution in [0.3, 0.4) is 0 Å². The van der Waals surface area contributed by atoms with Gasteiger partial charge in [0.15, 0.2) is 0 Å². The van der Waals surface area contributed by atoms with Crippen LogP contribution in [0.4, 0.5) is 0 Å². The Kier molecular flexibility index (Phi) is 13.8. The van der Waals surface area contributed by atoms with Crippen molar-refractivity contribution < 1.29 is 4.79 Å². The molecule has 2 saturated heterocycles. The van der Waals surface area contributed by atoms with E-state index in [-0.39, 0.29) is 11.9 Å². The summed E-state index contributed by atoms with van der Waals surface area (Å²) in [7, 11) is 0. The van der Waals surface area contributed by atoms with Crippen molar-refractivity contribution in [3.05, 3.63) is 226 Å². The first-order valence-electron chi connectivity index (χ1n) is 20.8. The summed E-state index contributed by atoms with van der Waals surface area (Å²) >= 11 is 12.7. The number of piperazine rings is 2. The number of hydrogen-bond acceptors (Lipinski definition) is 4. The first kappa shape index (κ1) is 41.2. The minimum atomic E-state index is 0.0186. The maximum Gasteiger partial charge on any atom is 0.254 e. The molecule has 0 radical (unpaired) electrons. The van der Waals surface area contributed by atoms with Gasteiger partial charge in [-0.3, -0.25) is 14.6 Å². The van der Waals surface area contributed by atoms with E-state index >= 15 is 0 Å². The van der Waals surface area contributed by atoms with E-state index in [0.717, 1.165) is 78.1 Å². The monoisotopic (exact) mass is 828 g/mol. The zero-order valence-electron chi connectivity index (χ0n) is 33.7. The number of rotatable bonds is 9. The van der Waals surface area contributed by atoms with Gasteiger partial charge >= 0.3 is 0 Å². The molecule has 2 heterocycles. The third-order valence-corrected chi connectivity index (χ3v) is 12.1. The molecule has 0 bridgehead atoms. The highest BCUT2D eigenvalue weighted by Gasteiger charge is 2.32. The van der Waals surface area contributed by atoms with Gasteiger partial charge in [0.1, 0.15) is 0 Å². The summed E-state index contributed by atoms with van der Waals surface area (Å²) in [5, 5.41) is 5.19. The van der Waals surface area contributed by atoms with Gasteiger partial charge in [-0.1, -0.05) is 187 Å². The Morgan fingerprint density at radius 1 is 0.500 bits per heavy atom. The Labute approximate surface area is 364 Å². The van der Waals surface area contributed by atoms with Crippen LogP contribution in [0.15, 0.2) is 188 Å². The molecule has 2 atom stereocenters. The highest BCUT2D eigenvalue weighted by atomic mass is 35.5. The zero-order valence-corrected chi connectivity index (χ0v) is 35.2. The molecule has 0 saturated carbocycles. The van der Waals surface area contributed by atoms with Crippen LogP contribution >= 0.6 is 23.2 Å². The molecule has 1 amide bonds. The Bertz CT molecular complexity index is 2430. The van der Waals surface area contributed by atoms with Crippen molar-refractivity contribution in [3.8, 4) is 22.3 Å². The van der Waals surface area contributed by atoms with E-state index in [1.165, 1.54) is 27.8 Å². The highest BCUT2D eigenvalue weighted by molar-refractivity contribution is 6.33. The Morgan fingerprint density at radius 2 is 0.967 bits per heavy atom. The van der Waals surface area contributed by atoms with Gasteiger partial charge in [-0.05, 0) is 57.6 Å². The molecule has 302 valence electrons. The molecule has 0 aromatic heterocycles. The van der Waals surface area contributed by atoms with Gasteiger partial charge in [-0.15, -0.1) is 0 Å². The van der Waals surface area contributed by atoms with Crippen molar-refractivity contribution >= 4 is 29.1 Å². The number of hydrogen-bond donors (Lipinski definition) is 1. The third-order valence-electron chi connectivity index (χ3n) is 11.5. The molecule has 1 N–H and O–H groups in total. The second-order valence-corrected chi connectivity index (χ2v) is 16.3. The normalized spacial score (nSPS) is 17.1. The molecular weight excluding hydrogens is 780 g/mol. The van der Waals surface area contributed by atoms with Crippen LogP contribution in [0, 0.1) is 0 Å². The van der Waals surface area contributed by atoms with Crippen molar-refractivity contribution in [2.75, 3.05) is 39.3 Å². The molecule has 2 aliphatic rings. The Morgan fingerprint density at radius 3 is 1.50 bits per heavy atom. The van der Waals surface area contributed by atoms with E-state index in [2.05, 4.69) is 112 Å². The average Bonchev–Trinajstić information content (AvgIpc) is 3.31. The quantitative estimate of drug-likeness (QED) is 0.157. The van der Waals surface area contributed by atoms with Gasteiger partial charge in [0.25, 0.3) is 5.91 Å². The molecule has 2 fully saturated rings.